The predicted octanol–water partition coefficient (Wildman–Crippen LogP) is 2.73. The predicted molar refractivity (Wildman–Crippen MR) is 83.6 cm³/mol. The SMILES string of the molecule is CN(C)C(C)(C)CNc1cccc(Cl)c1C(N)=S. The van der Waals surface area contributed by atoms with E-state index in [1.165, 1.54) is 0 Å². The number of nitrogens with zero attached hydrogens (tertiary/aromatic N) is 1. The standard InChI is InChI=1S/C13H20ClN3S/c1-13(2,17(3)4)8-16-10-7-5-6-9(14)11(10)12(15)18/h5-7,16H,8H2,1-4H3,(H2,15,18). The van der Waals surface area contributed by atoms with E-state index in [0.717, 1.165) is 12.2 Å². The molecule has 0 heterocycles. The van der Waals surface area contributed by atoms with Gasteiger partial charge in [0.1, 0.15) is 4.99 Å². The summed E-state index contributed by atoms with van der Waals surface area (Å²) in [4.78, 5) is 2.47. The van der Waals surface area contributed by atoms with Crippen molar-refractivity contribution in [2.24, 2.45) is 5.73 Å². The Labute approximate surface area is 119 Å². The van der Waals surface area contributed by atoms with Gasteiger partial charge in [0, 0.05) is 17.8 Å². The van der Waals surface area contributed by atoms with E-state index < -0.39 is 0 Å². The number of likely N-dealkylation sites (N-methyl/N-ethyl adjacent to an activating group) is 1. The number of nitrogens with one attached hydrogen (secondary N) is 1. The lowest BCUT2D eigenvalue weighted by atomic mass is 10.0. The lowest BCUT2D eigenvalue weighted by Gasteiger charge is -2.33. The van der Waals surface area contributed by atoms with E-state index >= 15 is 0 Å². The van der Waals surface area contributed by atoms with E-state index in [0.29, 0.717) is 15.6 Å². The lowest BCUT2D eigenvalue weighted by molar-refractivity contribution is 0.210. The Hall–Kier alpha value is -0.840. The van der Waals surface area contributed by atoms with Crippen LogP contribution in [0, 0.1) is 0 Å². The van der Waals surface area contributed by atoms with Crippen LogP contribution in [0.15, 0.2) is 18.2 Å². The van der Waals surface area contributed by atoms with Crippen molar-refractivity contribution in [1.82, 2.24) is 4.90 Å². The van der Waals surface area contributed by atoms with Gasteiger partial charge in [-0.05, 0) is 40.1 Å². The van der Waals surface area contributed by atoms with Gasteiger partial charge in [-0.1, -0.05) is 29.9 Å². The van der Waals surface area contributed by atoms with Crippen LogP contribution in [0.1, 0.15) is 19.4 Å². The molecule has 0 atom stereocenters. The van der Waals surface area contributed by atoms with E-state index in [4.69, 9.17) is 29.6 Å². The van der Waals surface area contributed by atoms with Crippen LogP contribution in [0.2, 0.25) is 5.02 Å². The molecule has 0 fully saturated rings. The number of hydrogen-bond acceptors (Lipinski definition) is 3. The molecule has 0 unspecified atom stereocenters. The highest BCUT2D eigenvalue weighted by Gasteiger charge is 2.20. The van der Waals surface area contributed by atoms with Gasteiger partial charge < -0.3 is 16.0 Å². The van der Waals surface area contributed by atoms with Crippen LogP contribution in [-0.4, -0.2) is 36.1 Å². The van der Waals surface area contributed by atoms with Gasteiger partial charge in [-0.2, -0.15) is 0 Å². The first-order valence-corrected chi connectivity index (χ1v) is 6.54. The number of benzene rings is 1. The lowest BCUT2D eigenvalue weighted by Crippen LogP contribution is -2.44. The molecule has 0 aliphatic heterocycles. The van der Waals surface area contributed by atoms with Gasteiger partial charge in [0.15, 0.2) is 0 Å². The molecular formula is C13H20ClN3S. The van der Waals surface area contributed by atoms with Gasteiger partial charge in [0.2, 0.25) is 0 Å². The van der Waals surface area contributed by atoms with Crippen molar-refractivity contribution >= 4 is 34.5 Å². The number of thiocarbonyl (C=S) groups is 1. The molecular weight excluding hydrogens is 266 g/mol. The molecule has 0 aliphatic rings. The smallest absolute Gasteiger partial charge is 0.107 e. The molecule has 100 valence electrons. The maximum atomic E-state index is 6.12. The summed E-state index contributed by atoms with van der Waals surface area (Å²) < 4.78 is 0. The molecule has 0 aliphatic carbocycles. The molecule has 0 bridgehead atoms. The minimum atomic E-state index is 0.0236. The van der Waals surface area contributed by atoms with E-state index in [1.807, 2.05) is 26.2 Å². The molecule has 0 aromatic heterocycles. The van der Waals surface area contributed by atoms with Crippen molar-refractivity contribution in [3.63, 3.8) is 0 Å². The molecule has 0 amide bonds. The third-order valence-corrected chi connectivity index (χ3v) is 3.70. The fourth-order valence-corrected chi connectivity index (χ4v) is 1.94. The van der Waals surface area contributed by atoms with Crippen LogP contribution in [0.4, 0.5) is 5.69 Å². The molecule has 0 saturated carbocycles. The highest BCUT2D eigenvalue weighted by atomic mass is 35.5. The topological polar surface area (TPSA) is 41.3 Å². The average molecular weight is 286 g/mol. The zero-order valence-electron chi connectivity index (χ0n) is 11.2. The van der Waals surface area contributed by atoms with E-state index in [-0.39, 0.29) is 5.54 Å². The second-order valence-electron chi connectivity index (χ2n) is 5.09. The second kappa shape index (κ2) is 5.87. The molecule has 1 aromatic carbocycles. The van der Waals surface area contributed by atoms with Crippen LogP contribution in [0.3, 0.4) is 0 Å². The quantitative estimate of drug-likeness (QED) is 0.816. The minimum Gasteiger partial charge on any atom is -0.389 e. The Morgan fingerprint density at radius 2 is 2.06 bits per heavy atom. The maximum absolute atomic E-state index is 6.12. The highest BCUT2D eigenvalue weighted by molar-refractivity contribution is 7.80. The molecule has 0 radical (unpaired) electrons. The van der Waals surface area contributed by atoms with Crippen LogP contribution in [-0.2, 0) is 0 Å². The van der Waals surface area contributed by atoms with E-state index in [1.54, 1.807) is 6.07 Å². The van der Waals surface area contributed by atoms with Crippen molar-refractivity contribution in [1.29, 1.82) is 0 Å². The molecule has 5 heteroatoms. The monoisotopic (exact) mass is 285 g/mol. The third kappa shape index (κ3) is 3.57. The first-order valence-electron chi connectivity index (χ1n) is 5.75. The third-order valence-electron chi connectivity index (χ3n) is 3.18. The molecule has 18 heavy (non-hydrogen) atoms. The fourth-order valence-electron chi connectivity index (χ4n) is 1.39. The molecule has 3 N–H and O–H groups in total. The van der Waals surface area contributed by atoms with Crippen molar-refractivity contribution in [2.75, 3.05) is 26.0 Å². The van der Waals surface area contributed by atoms with Crippen molar-refractivity contribution in [3.05, 3.63) is 28.8 Å². The molecule has 3 nitrogen and oxygen atoms in total. The van der Waals surface area contributed by atoms with Gasteiger partial charge in [0.25, 0.3) is 0 Å². The van der Waals surface area contributed by atoms with E-state index in [9.17, 15) is 0 Å². The number of nitrogens with two attached hydrogens (primary N) is 1. The molecule has 1 rings (SSSR count). The zero-order valence-corrected chi connectivity index (χ0v) is 12.8. The summed E-state index contributed by atoms with van der Waals surface area (Å²) in [5, 5.41) is 3.94. The zero-order chi connectivity index (χ0) is 13.9. The summed E-state index contributed by atoms with van der Waals surface area (Å²) >= 11 is 11.2. The summed E-state index contributed by atoms with van der Waals surface area (Å²) in [7, 11) is 4.10. The Bertz CT molecular complexity index is 444. The highest BCUT2D eigenvalue weighted by Crippen LogP contribution is 2.25. The summed E-state index contributed by atoms with van der Waals surface area (Å²) in [6.45, 7) is 5.09. The molecule has 0 spiro atoms. The van der Waals surface area contributed by atoms with Crippen LogP contribution >= 0.6 is 23.8 Å². The molecule has 0 saturated heterocycles. The normalized spacial score (nSPS) is 11.7. The van der Waals surface area contributed by atoms with Gasteiger partial charge in [-0.15, -0.1) is 0 Å². The van der Waals surface area contributed by atoms with Crippen molar-refractivity contribution < 1.29 is 0 Å². The minimum absolute atomic E-state index is 0.0236. The Balaban J connectivity index is 2.92. The van der Waals surface area contributed by atoms with E-state index in [2.05, 4.69) is 24.1 Å². The van der Waals surface area contributed by atoms with Crippen molar-refractivity contribution in [2.45, 2.75) is 19.4 Å². The number of anilines is 1. The van der Waals surface area contributed by atoms with Gasteiger partial charge in [0.05, 0.1) is 10.6 Å². The second-order valence-corrected chi connectivity index (χ2v) is 5.93. The molecule has 1 aromatic rings. The van der Waals surface area contributed by atoms with Gasteiger partial charge >= 0.3 is 0 Å². The summed E-state index contributed by atoms with van der Waals surface area (Å²) in [5.41, 5.74) is 7.33. The number of rotatable bonds is 5. The first-order chi connectivity index (χ1) is 8.25. The largest absolute Gasteiger partial charge is 0.389 e. The fraction of sp³-hybridized carbons (Fsp3) is 0.462. The Morgan fingerprint density at radius 1 is 1.44 bits per heavy atom. The maximum Gasteiger partial charge on any atom is 0.107 e. The number of hydrogen-bond donors (Lipinski definition) is 2. The van der Waals surface area contributed by atoms with Crippen LogP contribution in [0.25, 0.3) is 0 Å². The average Bonchev–Trinajstić information content (AvgIpc) is 2.25. The number of halogens is 1. The first kappa shape index (κ1) is 15.2. The van der Waals surface area contributed by atoms with Gasteiger partial charge in [-0.3, -0.25) is 0 Å². The van der Waals surface area contributed by atoms with Crippen molar-refractivity contribution in [3.8, 4) is 0 Å². The van der Waals surface area contributed by atoms with Crippen LogP contribution < -0.4 is 11.1 Å². The van der Waals surface area contributed by atoms with Crippen LogP contribution in [0.5, 0.6) is 0 Å². The summed E-state index contributed by atoms with van der Waals surface area (Å²) in [6, 6.07) is 5.61. The Kier molecular flexibility index (Phi) is 4.96. The summed E-state index contributed by atoms with van der Waals surface area (Å²) in [5.74, 6) is 0. The van der Waals surface area contributed by atoms with Gasteiger partial charge in [-0.25, -0.2) is 0 Å². The Morgan fingerprint density at radius 3 is 2.56 bits per heavy atom. The summed E-state index contributed by atoms with van der Waals surface area (Å²) in [6.07, 6.45) is 0.